The Labute approximate surface area is 193 Å². The Hall–Kier alpha value is -3.42. The zero-order chi connectivity index (χ0) is 22.6. The summed E-state index contributed by atoms with van der Waals surface area (Å²) in [5.74, 6) is 2.34. The zero-order valence-electron chi connectivity index (χ0n) is 18.9. The van der Waals surface area contributed by atoms with E-state index in [1.807, 2.05) is 18.2 Å². The number of fused-ring (bicyclic) bond motifs is 1. The van der Waals surface area contributed by atoms with Gasteiger partial charge in [-0.05, 0) is 50.5 Å². The van der Waals surface area contributed by atoms with Gasteiger partial charge in [0.2, 0.25) is 5.82 Å². The van der Waals surface area contributed by atoms with Crippen LogP contribution in [0.4, 0.5) is 5.82 Å². The van der Waals surface area contributed by atoms with Gasteiger partial charge in [0, 0.05) is 30.4 Å². The molecule has 5 rings (SSSR count). The van der Waals surface area contributed by atoms with Crippen molar-refractivity contribution >= 4 is 28.5 Å². The van der Waals surface area contributed by atoms with E-state index in [1.165, 1.54) is 12.8 Å². The van der Waals surface area contributed by atoms with Crippen LogP contribution >= 0.6 is 0 Å². The van der Waals surface area contributed by atoms with E-state index < -0.39 is 0 Å². The number of hydrogen-bond acceptors (Lipinski definition) is 7. The van der Waals surface area contributed by atoms with Crippen molar-refractivity contribution in [2.45, 2.75) is 64.1 Å². The van der Waals surface area contributed by atoms with Gasteiger partial charge >= 0.3 is 0 Å². The number of amides is 1. The van der Waals surface area contributed by atoms with Gasteiger partial charge in [0.05, 0.1) is 24.2 Å². The van der Waals surface area contributed by atoms with Crippen molar-refractivity contribution < 1.29 is 9.21 Å². The number of carbonyl (C=O) groups excluding carboxylic acids is 1. The lowest BCUT2D eigenvalue weighted by Crippen LogP contribution is -2.48. The highest BCUT2D eigenvalue weighted by Gasteiger charge is 2.28. The topological polar surface area (TPSA) is 104 Å². The van der Waals surface area contributed by atoms with Crippen LogP contribution in [0.2, 0.25) is 0 Å². The van der Waals surface area contributed by atoms with E-state index in [0.29, 0.717) is 24.2 Å². The van der Waals surface area contributed by atoms with Crippen molar-refractivity contribution in [2.24, 2.45) is 4.99 Å². The van der Waals surface area contributed by atoms with Crippen molar-refractivity contribution in [3.63, 3.8) is 0 Å². The molecule has 2 aromatic heterocycles. The fourth-order valence-corrected chi connectivity index (χ4v) is 4.64. The predicted molar refractivity (Wildman–Crippen MR) is 128 cm³/mol. The summed E-state index contributed by atoms with van der Waals surface area (Å²) in [6.07, 6.45) is 8.24. The van der Waals surface area contributed by atoms with Crippen LogP contribution in [0, 0.1) is 6.92 Å². The monoisotopic (exact) mass is 446 g/mol. The summed E-state index contributed by atoms with van der Waals surface area (Å²) in [4.78, 5) is 26.7. The number of furan rings is 1. The lowest BCUT2D eigenvalue weighted by atomic mass is 9.90. The van der Waals surface area contributed by atoms with Gasteiger partial charge < -0.3 is 20.4 Å². The zero-order valence-corrected chi connectivity index (χ0v) is 18.9. The van der Waals surface area contributed by atoms with Gasteiger partial charge in [0.1, 0.15) is 11.6 Å². The second-order valence-corrected chi connectivity index (χ2v) is 8.90. The molecule has 1 aliphatic carbocycles. The normalized spacial score (nSPS) is 20.5. The van der Waals surface area contributed by atoms with E-state index in [9.17, 15) is 4.79 Å². The number of anilines is 1. The highest BCUT2D eigenvalue weighted by atomic mass is 16.3. The molecule has 0 unspecified atom stereocenters. The number of benzene rings is 1. The highest BCUT2D eigenvalue weighted by molar-refractivity contribution is 5.96. The number of amidine groups is 1. The number of aryl methyl sites for hydroxylation is 1. The Kier molecular flexibility index (Phi) is 6.24. The Bertz CT molecular complexity index is 1160. The summed E-state index contributed by atoms with van der Waals surface area (Å²) in [5, 5.41) is 11.1. The minimum Gasteiger partial charge on any atom is -0.467 e. The van der Waals surface area contributed by atoms with Gasteiger partial charge in [-0.2, -0.15) is 0 Å². The van der Waals surface area contributed by atoms with Crippen LogP contribution < -0.4 is 16.0 Å². The molecule has 8 nitrogen and oxygen atoms in total. The summed E-state index contributed by atoms with van der Waals surface area (Å²) in [5.41, 5.74) is 1.88. The maximum Gasteiger partial charge on any atom is 0.289 e. The number of rotatable bonds is 6. The minimum absolute atomic E-state index is 0.154. The maximum absolute atomic E-state index is 12.9. The van der Waals surface area contributed by atoms with E-state index in [2.05, 4.69) is 43.9 Å². The Morgan fingerprint density at radius 2 is 1.94 bits per heavy atom. The molecule has 2 aliphatic rings. The molecule has 3 aromatic rings. The SMILES string of the molecule is Cc1ccc2nc(C(=O)NCc3ccco3)nc(N[C@H]3CCCC[C@H]3NC3=NCCC3)c2c1. The molecule has 172 valence electrons. The molecule has 0 radical (unpaired) electrons. The molecular weight excluding hydrogens is 416 g/mol. The first-order chi connectivity index (χ1) is 16.2. The third-order valence-corrected chi connectivity index (χ3v) is 6.37. The van der Waals surface area contributed by atoms with E-state index in [4.69, 9.17) is 4.42 Å². The quantitative estimate of drug-likeness (QED) is 0.529. The molecule has 3 heterocycles. The van der Waals surface area contributed by atoms with Crippen LogP contribution in [0.5, 0.6) is 0 Å². The highest BCUT2D eigenvalue weighted by Crippen LogP contribution is 2.27. The van der Waals surface area contributed by atoms with E-state index in [1.54, 1.807) is 12.3 Å². The molecular formula is C25H30N6O2. The van der Waals surface area contributed by atoms with Gasteiger partial charge in [0.15, 0.2) is 0 Å². The smallest absolute Gasteiger partial charge is 0.289 e. The lowest BCUT2D eigenvalue weighted by Gasteiger charge is -2.34. The first-order valence-electron chi connectivity index (χ1n) is 11.8. The first kappa shape index (κ1) is 21.4. The van der Waals surface area contributed by atoms with E-state index in [-0.39, 0.29) is 17.8 Å². The molecule has 0 spiro atoms. The third-order valence-electron chi connectivity index (χ3n) is 6.37. The number of hydrogen-bond donors (Lipinski definition) is 3. The van der Waals surface area contributed by atoms with Crippen molar-refractivity contribution in [3.05, 3.63) is 53.7 Å². The number of aliphatic imine (C=N–C) groups is 1. The number of nitrogens with one attached hydrogen (secondary N) is 3. The van der Waals surface area contributed by atoms with Crippen LogP contribution in [-0.4, -0.2) is 40.3 Å². The summed E-state index contributed by atoms with van der Waals surface area (Å²) in [7, 11) is 0. The van der Waals surface area contributed by atoms with Crippen LogP contribution in [-0.2, 0) is 6.54 Å². The molecule has 1 saturated carbocycles. The predicted octanol–water partition coefficient (Wildman–Crippen LogP) is 3.97. The van der Waals surface area contributed by atoms with E-state index >= 15 is 0 Å². The molecule has 0 saturated heterocycles. The molecule has 1 aliphatic heterocycles. The third kappa shape index (κ3) is 4.99. The molecule has 8 heteroatoms. The Morgan fingerprint density at radius 1 is 1.09 bits per heavy atom. The molecule has 1 fully saturated rings. The van der Waals surface area contributed by atoms with Crippen LogP contribution in [0.1, 0.15) is 60.5 Å². The van der Waals surface area contributed by atoms with Crippen molar-refractivity contribution in [1.29, 1.82) is 0 Å². The van der Waals surface area contributed by atoms with Gasteiger partial charge in [0.25, 0.3) is 5.91 Å². The fraction of sp³-hybridized carbons (Fsp3) is 0.440. The molecule has 1 amide bonds. The molecule has 2 atom stereocenters. The molecule has 1 aromatic carbocycles. The number of nitrogens with zero attached hydrogens (tertiary/aromatic N) is 3. The van der Waals surface area contributed by atoms with Crippen molar-refractivity contribution in [2.75, 3.05) is 11.9 Å². The van der Waals surface area contributed by atoms with Crippen LogP contribution in [0.25, 0.3) is 10.9 Å². The van der Waals surface area contributed by atoms with Crippen molar-refractivity contribution in [1.82, 2.24) is 20.6 Å². The largest absolute Gasteiger partial charge is 0.467 e. The summed E-state index contributed by atoms with van der Waals surface area (Å²) >= 11 is 0. The van der Waals surface area contributed by atoms with Gasteiger partial charge in [-0.25, -0.2) is 9.97 Å². The molecule has 0 bridgehead atoms. The maximum atomic E-state index is 12.9. The van der Waals surface area contributed by atoms with Crippen LogP contribution in [0.15, 0.2) is 46.0 Å². The first-order valence-corrected chi connectivity index (χ1v) is 11.8. The van der Waals surface area contributed by atoms with Gasteiger partial charge in [-0.15, -0.1) is 0 Å². The average Bonchev–Trinajstić information content (AvgIpc) is 3.53. The Balaban J connectivity index is 1.41. The molecule has 3 N–H and O–H groups in total. The van der Waals surface area contributed by atoms with Crippen LogP contribution in [0.3, 0.4) is 0 Å². The number of aromatic nitrogens is 2. The minimum atomic E-state index is -0.324. The number of carbonyl (C=O) groups is 1. The average molecular weight is 447 g/mol. The summed E-state index contributed by atoms with van der Waals surface area (Å²) < 4.78 is 5.31. The summed E-state index contributed by atoms with van der Waals surface area (Å²) in [6, 6.07) is 10.2. The van der Waals surface area contributed by atoms with E-state index in [0.717, 1.165) is 54.5 Å². The second-order valence-electron chi connectivity index (χ2n) is 8.90. The molecule has 33 heavy (non-hydrogen) atoms. The lowest BCUT2D eigenvalue weighted by molar-refractivity contribution is 0.0938. The Morgan fingerprint density at radius 3 is 2.70 bits per heavy atom. The summed E-state index contributed by atoms with van der Waals surface area (Å²) in [6.45, 7) is 3.26. The second kappa shape index (κ2) is 9.60. The van der Waals surface area contributed by atoms with Gasteiger partial charge in [-0.3, -0.25) is 9.79 Å². The standard InChI is InChI=1S/C25H30N6O2/c1-16-10-11-19-18(14-16)23(31-24(29-19)25(32)27-15-17-6-5-13-33-17)30-21-8-3-2-7-20(21)28-22-9-4-12-26-22/h5-6,10-11,13-14,20-21H,2-4,7-9,12,15H2,1H3,(H,26,28)(H,27,32)(H,29,30,31)/t20-,21+/m1/s1. The fourth-order valence-electron chi connectivity index (χ4n) is 4.64. The van der Waals surface area contributed by atoms with Gasteiger partial charge in [-0.1, -0.05) is 24.5 Å². The van der Waals surface area contributed by atoms with Crippen molar-refractivity contribution in [3.8, 4) is 0 Å².